The molecule has 0 spiro atoms. The van der Waals surface area contributed by atoms with Crippen LogP contribution < -0.4 is 4.74 Å². The lowest BCUT2D eigenvalue weighted by atomic mass is 10.3. The van der Waals surface area contributed by atoms with Gasteiger partial charge in [-0.15, -0.1) is 8.78 Å². The Labute approximate surface area is 85.6 Å². The minimum atomic E-state index is -3.83. The van der Waals surface area contributed by atoms with Gasteiger partial charge in [0.25, 0.3) is 0 Å². The molecule has 0 amide bonds. The molecule has 72 valence electrons. The van der Waals surface area contributed by atoms with Gasteiger partial charge in [0, 0.05) is 22.1 Å². The molecule has 0 N–H and O–H groups in total. The molecule has 0 unspecified atom stereocenters. The second-order valence-electron chi connectivity index (χ2n) is 2.15. The third kappa shape index (κ3) is 3.87. The maximum Gasteiger partial charge on any atom is 0.487 e. The van der Waals surface area contributed by atoms with Crippen molar-refractivity contribution in [1.29, 1.82) is 0 Å². The second-order valence-corrected chi connectivity index (χ2v) is 3.51. The Morgan fingerprint density at radius 3 is 2.38 bits per heavy atom. The molecule has 6 heteroatoms. The van der Waals surface area contributed by atoms with Gasteiger partial charge >= 0.3 is 5.57 Å². The zero-order valence-corrected chi connectivity index (χ0v) is 8.37. The number of benzene rings is 1. The second kappa shape index (κ2) is 3.75. The molecule has 0 aliphatic rings. The van der Waals surface area contributed by atoms with E-state index in [4.69, 9.17) is 0 Å². The molecule has 0 atom stereocenters. The third-order valence-electron chi connectivity index (χ3n) is 1.07. The summed E-state index contributed by atoms with van der Waals surface area (Å²) in [5.74, 6) is -1.03. The maximum atomic E-state index is 12.6. The van der Waals surface area contributed by atoms with Crippen molar-refractivity contribution in [3.8, 4) is 5.75 Å². The van der Waals surface area contributed by atoms with Crippen LogP contribution in [0.4, 0.5) is 13.2 Å². The van der Waals surface area contributed by atoms with Gasteiger partial charge in [0.2, 0.25) is 0 Å². The molecule has 1 aromatic rings. The average molecular weight is 275 g/mol. The standard InChI is InChI=1S/C7H3BrClF3O/c8-4-1-5(10)3-6(2-4)13-7(9,11)12/h1-3H. The summed E-state index contributed by atoms with van der Waals surface area (Å²) in [5, 5.41) is 0. The normalized spacial score (nSPS) is 11.5. The summed E-state index contributed by atoms with van der Waals surface area (Å²) < 4.78 is 41.0. The first-order chi connectivity index (χ1) is 5.87. The monoisotopic (exact) mass is 274 g/mol. The van der Waals surface area contributed by atoms with Gasteiger partial charge in [0.15, 0.2) is 0 Å². The summed E-state index contributed by atoms with van der Waals surface area (Å²) in [6.45, 7) is 0. The van der Waals surface area contributed by atoms with Gasteiger partial charge in [-0.05, 0) is 12.1 Å². The van der Waals surface area contributed by atoms with E-state index in [-0.39, 0.29) is 5.75 Å². The molecule has 0 saturated heterocycles. The van der Waals surface area contributed by atoms with Crippen LogP contribution in [0.15, 0.2) is 22.7 Å². The molecule has 0 aliphatic carbocycles. The van der Waals surface area contributed by atoms with Crippen molar-refractivity contribution in [1.82, 2.24) is 0 Å². The SMILES string of the molecule is Fc1cc(Br)cc(OC(F)(F)Cl)c1. The van der Waals surface area contributed by atoms with E-state index in [1.165, 1.54) is 6.07 Å². The van der Waals surface area contributed by atoms with Gasteiger partial charge in [-0.2, -0.15) is 0 Å². The molecule has 0 saturated carbocycles. The molecule has 0 heterocycles. The summed E-state index contributed by atoms with van der Waals surface area (Å²) >= 11 is 7.39. The highest BCUT2D eigenvalue weighted by molar-refractivity contribution is 9.10. The number of ether oxygens (including phenoxy) is 1. The maximum absolute atomic E-state index is 12.6. The molecule has 0 bridgehead atoms. The highest BCUT2D eigenvalue weighted by Crippen LogP contribution is 2.27. The van der Waals surface area contributed by atoms with E-state index in [9.17, 15) is 13.2 Å². The van der Waals surface area contributed by atoms with Crippen molar-refractivity contribution in [2.75, 3.05) is 0 Å². The van der Waals surface area contributed by atoms with Crippen LogP contribution in [0.5, 0.6) is 5.75 Å². The van der Waals surface area contributed by atoms with Gasteiger partial charge < -0.3 is 4.74 Å². The van der Waals surface area contributed by atoms with Gasteiger partial charge in [0.05, 0.1) is 0 Å². The van der Waals surface area contributed by atoms with Crippen LogP contribution in [-0.2, 0) is 0 Å². The Morgan fingerprint density at radius 1 is 1.31 bits per heavy atom. The van der Waals surface area contributed by atoms with Crippen molar-refractivity contribution in [3.05, 3.63) is 28.5 Å². The number of halogens is 5. The number of hydrogen-bond donors (Lipinski definition) is 0. The Morgan fingerprint density at radius 2 is 1.92 bits per heavy atom. The van der Waals surface area contributed by atoms with E-state index < -0.39 is 11.4 Å². The highest BCUT2D eigenvalue weighted by atomic mass is 79.9. The van der Waals surface area contributed by atoms with Crippen LogP contribution in [0.1, 0.15) is 0 Å². The number of hydrogen-bond acceptors (Lipinski definition) is 1. The summed E-state index contributed by atoms with van der Waals surface area (Å²) in [7, 11) is 0. The van der Waals surface area contributed by atoms with E-state index in [1.54, 1.807) is 0 Å². The fourth-order valence-electron chi connectivity index (χ4n) is 0.721. The molecule has 0 aliphatic heterocycles. The minimum absolute atomic E-state index is 0.295. The predicted molar refractivity (Wildman–Crippen MR) is 45.5 cm³/mol. The van der Waals surface area contributed by atoms with Crippen LogP contribution in [0.25, 0.3) is 0 Å². The number of alkyl halides is 3. The van der Waals surface area contributed by atoms with Crippen molar-refractivity contribution in [2.45, 2.75) is 5.57 Å². The molecule has 13 heavy (non-hydrogen) atoms. The highest BCUT2D eigenvalue weighted by Gasteiger charge is 2.27. The molecule has 0 radical (unpaired) electrons. The first kappa shape index (κ1) is 10.7. The zero-order valence-electron chi connectivity index (χ0n) is 6.03. The molecule has 1 rings (SSSR count). The molecule has 0 aromatic heterocycles. The van der Waals surface area contributed by atoms with E-state index in [0.717, 1.165) is 12.1 Å². The topological polar surface area (TPSA) is 9.23 Å². The number of rotatable bonds is 2. The Kier molecular flexibility index (Phi) is 3.08. The van der Waals surface area contributed by atoms with Crippen LogP contribution in [0.3, 0.4) is 0 Å². The lowest BCUT2D eigenvalue weighted by molar-refractivity contribution is -0.0966. The van der Waals surface area contributed by atoms with Crippen LogP contribution in [0.2, 0.25) is 0 Å². The Balaban J connectivity index is 2.90. The molecule has 0 fully saturated rings. The Hall–Kier alpha value is -0.420. The molecule has 1 nitrogen and oxygen atoms in total. The van der Waals surface area contributed by atoms with E-state index in [1.807, 2.05) is 0 Å². The lowest BCUT2D eigenvalue weighted by Crippen LogP contribution is -2.15. The molecular formula is C7H3BrClF3O. The van der Waals surface area contributed by atoms with Crippen molar-refractivity contribution in [2.24, 2.45) is 0 Å². The first-order valence-electron chi connectivity index (χ1n) is 3.09. The lowest BCUT2D eigenvalue weighted by Gasteiger charge is -2.10. The third-order valence-corrected chi connectivity index (χ3v) is 1.60. The van der Waals surface area contributed by atoms with Crippen molar-refractivity contribution < 1.29 is 17.9 Å². The molecular weight excluding hydrogens is 272 g/mol. The average Bonchev–Trinajstić information content (AvgIpc) is 1.78. The quantitative estimate of drug-likeness (QED) is 0.747. The van der Waals surface area contributed by atoms with E-state index in [2.05, 4.69) is 32.3 Å². The van der Waals surface area contributed by atoms with Crippen molar-refractivity contribution in [3.63, 3.8) is 0 Å². The van der Waals surface area contributed by atoms with E-state index >= 15 is 0 Å². The van der Waals surface area contributed by atoms with Gasteiger partial charge in [0.1, 0.15) is 11.6 Å². The summed E-state index contributed by atoms with van der Waals surface area (Å²) in [5.41, 5.74) is -3.83. The van der Waals surface area contributed by atoms with Gasteiger partial charge in [-0.25, -0.2) is 4.39 Å². The van der Waals surface area contributed by atoms with Crippen LogP contribution in [0, 0.1) is 5.82 Å². The fourth-order valence-corrected chi connectivity index (χ4v) is 1.25. The fraction of sp³-hybridized carbons (Fsp3) is 0.143. The van der Waals surface area contributed by atoms with Crippen molar-refractivity contribution >= 4 is 27.5 Å². The summed E-state index contributed by atoms with van der Waals surface area (Å²) in [4.78, 5) is 0. The van der Waals surface area contributed by atoms with E-state index in [0.29, 0.717) is 4.47 Å². The summed E-state index contributed by atoms with van der Waals surface area (Å²) in [6, 6.07) is 3.10. The van der Waals surface area contributed by atoms with Gasteiger partial charge in [-0.1, -0.05) is 15.9 Å². The minimum Gasteiger partial charge on any atom is -0.420 e. The smallest absolute Gasteiger partial charge is 0.420 e. The Bertz CT molecular complexity index is 293. The first-order valence-corrected chi connectivity index (χ1v) is 4.26. The van der Waals surface area contributed by atoms with Crippen LogP contribution >= 0.6 is 27.5 Å². The summed E-state index contributed by atoms with van der Waals surface area (Å²) in [6.07, 6.45) is 0. The van der Waals surface area contributed by atoms with Crippen LogP contribution in [-0.4, -0.2) is 5.57 Å². The predicted octanol–water partition coefficient (Wildman–Crippen LogP) is 3.76. The largest absolute Gasteiger partial charge is 0.487 e. The zero-order chi connectivity index (χ0) is 10.1. The molecule has 1 aromatic carbocycles. The van der Waals surface area contributed by atoms with Gasteiger partial charge in [-0.3, -0.25) is 0 Å².